The van der Waals surface area contributed by atoms with Crippen LogP contribution in [-0.4, -0.2) is 34.7 Å². The van der Waals surface area contributed by atoms with Gasteiger partial charge >= 0.3 is 5.97 Å². The molecule has 1 unspecified atom stereocenters. The first-order valence-electron chi connectivity index (χ1n) is 9.64. The van der Waals surface area contributed by atoms with Gasteiger partial charge in [-0.1, -0.05) is 5.16 Å². The number of hydrogen-bond donors (Lipinski definition) is 1. The van der Waals surface area contributed by atoms with E-state index in [4.69, 9.17) is 13.7 Å². The van der Waals surface area contributed by atoms with E-state index in [1.54, 1.807) is 13.0 Å². The fraction of sp³-hybridized carbons (Fsp3) is 0.429. The Morgan fingerprint density at radius 3 is 2.69 bits per heavy atom. The van der Waals surface area contributed by atoms with Crippen molar-refractivity contribution in [1.82, 2.24) is 15.5 Å². The Hall–Kier alpha value is -3.16. The van der Waals surface area contributed by atoms with Crippen molar-refractivity contribution >= 4 is 23.0 Å². The van der Waals surface area contributed by atoms with E-state index in [0.29, 0.717) is 28.5 Å². The highest BCUT2D eigenvalue weighted by Crippen LogP contribution is 2.32. The lowest BCUT2D eigenvalue weighted by molar-refractivity contribution is -0.124. The van der Waals surface area contributed by atoms with Crippen LogP contribution in [0.5, 0.6) is 0 Å². The van der Waals surface area contributed by atoms with Gasteiger partial charge in [-0.05, 0) is 58.6 Å². The Balaban J connectivity index is 1.59. The molecule has 1 saturated carbocycles. The van der Waals surface area contributed by atoms with Gasteiger partial charge in [-0.25, -0.2) is 9.78 Å². The Morgan fingerprint density at radius 1 is 1.28 bits per heavy atom. The van der Waals surface area contributed by atoms with E-state index in [2.05, 4.69) is 15.5 Å². The van der Waals surface area contributed by atoms with Crippen molar-refractivity contribution in [1.29, 1.82) is 0 Å². The first-order chi connectivity index (χ1) is 13.8. The Labute approximate surface area is 167 Å². The molecule has 3 aromatic rings. The van der Waals surface area contributed by atoms with Crippen LogP contribution in [0.4, 0.5) is 0 Å². The summed E-state index contributed by atoms with van der Waals surface area (Å²) in [5, 5.41) is 7.26. The minimum Gasteiger partial charge on any atom is -0.466 e. The van der Waals surface area contributed by atoms with Crippen molar-refractivity contribution in [3.05, 3.63) is 34.9 Å². The predicted molar refractivity (Wildman–Crippen MR) is 104 cm³/mol. The summed E-state index contributed by atoms with van der Waals surface area (Å²) in [4.78, 5) is 29.4. The smallest absolute Gasteiger partial charge is 0.339 e. The molecule has 4 rings (SSSR count). The molecule has 152 valence electrons. The molecule has 3 aromatic heterocycles. The summed E-state index contributed by atoms with van der Waals surface area (Å²) in [5.41, 5.74) is 2.28. The maximum Gasteiger partial charge on any atom is 0.339 e. The van der Waals surface area contributed by atoms with E-state index in [0.717, 1.165) is 24.2 Å². The maximum atomic E-state index is 12.8. The molecular weight excluding hydrogens is 374 g/mol. The van der Waals surface area contributed by atoms with E-state index in [1.165, 1.54) is 0 Å². The molecule has 0 spiro atoms. The van der Waals surface area contributed by atoms with E-state index in [1.807, 2.05) is 26.8 Å². The van der Waals surface area contributed by atoms with Gasteiger partial charge in [-0.2, -0.15) is 0 Å². The van der Waals surface area contributed by atoms with E-state index in [9.17, 15) is 9.59 Å². The number of carbonyl (C=O) groups is 2. The molecule has 1 fully saturated rings. The van der Waals surface area contributed by atoms with Crippen molar-refractivity contribution in [3.63, 3.8) is 0 Å². The summed E-state index contributed by atoms with van der Waals surface area (Å²) in [6.45, 7) is 7.00. The topological polar surface area (TPSA) is 107 Å². The molecule has 8 nitrogen and oxygen atoms in total. The largest absolute Gasteiger partial charge is 0.466 e. The van der Waals surface area contributed by atoms with Gasteiger partial charge in [0.25, 0.3) is 11.6 Å². The molecule has 1 amide bonds. The SMILES string of the molecule is Cc1cc(-c2cc(C(=O)OCC(=O)NC(C)C3CC3)c3c(C)noc3n2)c(C)o1. The van der Waals surface area contributed by atoms with Crippen LogP contribution >= 0.6 is 0 Å². The zero-order valence-electron chi connectivity index (χ0n) is 16.9. The molecule has 3 heterocycles. The molecule has 0 saturated heterocycles. The molecule has 1 N–H and O–H groups in total. The van der Waals surface area contributed by atoms with E-state index >= 15 is 0 Å². The highest BCUT2D eigenvalue weighted by molar-refractivity contribution is 6.04. The normalized spacial score (nSPS) is 14.8. The average Bonchev–Trinajstić information content (AvgIpc) is 3.39. The number of aromatic nitrogens is 2. The third kappa shape index (κ3) is 3.87. The second-order valence-electron chi connectivity index (χ2n) is 7.60. The maximum absolute atomic E-state index is 12.8. The minimum absolute atomic E-state index is 0.0908. The number of esters is 1. The van der Waals surface area contributed by atoms with Gasteiger partial charge in [-0.3, -0.25) is 4.79 Å². The number of pyridine rings is 1. The zero-order chi connectivity index (χ0) is 20.7. The standard InChI is InChI=1S/C21H23N3O5/c1-10-7-15(13(4)28-10)17-8-16(19-12(3)24-29-20(19)23-17)21(26)27-9-18(25)22-11(2)14-5-6-14/h7-8,11,14H,5-6,9H2,1-4H3,(H,22,25). The number of ether oxygens (including phenoxy) is 1. The molecule has 0 aliphatic heterocycles. The van der Waals surface area contributed by atoms with Crippen LogP contribution in [-0.2, 0) is 9.53 Å². The molecule has 0 bridgehead atoms. The van der Waals surface area contributed by atoms with Gasteiger partial charge in [0, 0.05) is 11.6 Å². The van der Waals surface area contributed by atoms with Crippen LogP contribution in [0.1, 0.15) is 47.3 Å². The van der Waals surface area contributed by atoms with Gasteiger partial charge in [0.05, 0.1) is 22.3 Å². The van der Waals surface area contributed by atoms with Crippen molar-refractivity contribution in [2.75, 3.05) is 6.61 Å². The minimum atomic E-state index is -0.628. The molecule has 0 aromatic carbocycles. The number of carbonyl (C=O) groups excluding carboxylic acids is 2. The number of nitrogens with zero attached hydrogens (tertiary/aromatic N) is 2. The molecule has 29 heavy (non-hydrogen) atoms. The number of fused-ring (bicyclic) bond motifs is 1. The Morgan fingerprint density at radius 2 is 2.03 bits per heavy atom. The van der Waals surface area contributed by atoms with Gasteiger partial charge in [0.1, 0.15) is 11.5 Å². The number of nitrogens with one attached hydrogen (secondary N) is 1. The second kappa shape index (κ2) is 7.35. The molecule has 1 aliphatic rings. The third-order valence-electron chi connectivity index (χ3n) is 5.21. The fourth-order valence-electron chi connectivity index (χ4n) is 3.50. The van der Waals surface area contributed by atoms with Gasteiger partial charge in [-0.15, -0.1) is 0 Å². The summed E-state index contributed by atoms with van der Waals surface area (Å²) in [7, 11) is 0. The first-order valence-corrected chi connectivity index (χ1v) is 9.64. The molecule has 0 radical (unpaired) electrons. The van der Waals surface area contributed by atoms with Gasteiger partial charge in [0.2, 0.25) is 0 Å². The summed E-state index contributed by atoms with van der Waals surface area (Å²) in [6.07, 6.45) is 2.25. The molecule has 1 atom stereocenters. The van der Waals surface area contributed by atoms with E-state index in [-0.39, 0.29) is 29.8 Å². The fourth-order valence-corrected chi connectivity index (χ4v) is 3.50. The van der Waals surface area contributed by atoms with Crippen LogP contribution in [0, 0.1) is 26.7 Å². The van der Waals surface area contributed by atoms with Gasteiger partial charge in [0.15, 0.2) is 6.61 Å². The molecule has 8 heteroatoms. The van der Waals surface area contributed by atoms with Crippen LogP contribution in [0.3, 0.4) is 0 Å². The van der Waals surface area contributed by atoms with Crippen LogP contribution in [0.2, 0.25) is 0 Å². The summed E-state index contributed by atoms with van der Waals surface area (Å²) in [5.74, 6) is 0.999. The quantitative estimate of drug-likeness (QED) is 0.635. The van der Waals surface area contributed by atoms with Crippen LogP contribution < -0.4 is 5.32 Å². The first kappa shape index (κ1) is 19.2. The van der Waals surface area contributed by atoms with Crippen molar-refractivity contribution in [2.24, 2.45) is 5.92 Å². The number of amides is 1. The van der Waals surface area contributed by atoms with Crippen LogP contribution in [0.25, 0.3) is 22.4 Å². The van der Waals surface area contributed by atoms with Crippen molar-refractivity contribution < 1.29 is 23.3 Å². The lowest BCUT2D eigenvalue weighted by Crippen LogP contribution is -2.37. The van der Waals surface area contributed by atoms with Crippen molar-refractivity contribution in [3.8, 4) is 11.3 Å². The zero-order valence-corrected chi connectivity index (χ0v) is 16.9. The molecule has 1 aliphatic carbocycles. The van der Waals surface area contributed by atoms with Crippen LogP contribution in [0.15, 0.2) is 21.1 Å². The molecular formula is C21H23N3O5. The third-order valence-corrected chi connectivity index (χ3v) is 5.21. The number of hydrogen-bond acceptors (Lipinski definition) is 7. The lowest BCUT2D eigenvalue weighted by atomic mass is 10.1. The number of furan rings is 1. The summed E-state index contributed by atoms with van der Waals surface area (Å²) >= 11 is 0. The summed E-state index contributed by atoms with van der Waals surface area (Å²) in [6, 6.07) is 3.55. The number of aryl methyl sites for hydroxylation is 3. The van der Waals surface area contributed by atoms with Crippen molar-refractivity contribution in [2.45, 2.75) is 46.6 Å². The highest BCUT2D eigenvalue weighted by atomic mass is 16.5. The second-order valence-corrected chi connectivity index (χ2v) is 7.60. The van der Waals surface area contributed by atoms with E-state index < -0.39 is 5.97 Å². The average molecular weight is 397 g/mol. The summed E-state index contributed by atoms with van der Waals surface area (Å²) < 4.78 is 16.1. The van der Waals surface area contributed by atoms with Gasteiger partial charge < -0.3 is 19.0 Å². The number of rotatable bonds is 6. The monoisotopic (exact) mass is 397 g/mol. The Bertz CT molecular complexity index is 1090. The Kier molecular flexibility index (Phi) is 4.86. The predicted octanol–water partition coefficient (Wildman–Crippen LogP) is 3.48. The highest BCUT2D eigenvalue weighted by Gasteiger charge is 2.29. The lowest BCUT2D eigenvalue weighted by Gasteiger charge is -2.13.